The maximum Gasteiger partial charge on any atom is 0.00930 e. The average Bonchev–Trinajstić information content (AvgIpc) is 2.05. The highest BCUT2D eigenvalue weighted by Crippen LogP contribution is 2.17. The summed E-state index contributed by atoms with van der Waals surface area (Å²) >= 11 is 0. The van der Waals surface area contributed by atoms with Crippen molar-refractivity contribution >= 4 is 0 Å². The molecule has 0 aromatic heterocycles. The summed E-state index contributed by atoms with van der Waals surface area (Å²) in [6.45, 7) is 8.93. The minimum Gasteiger partial charge on any atom is -0.391 e. The van der Waals surface area contributed by atoms with Gasteiger partial charge < -0.3 is 5.32 Å². The highest BCUT2D eigenvalue weighted by atomic mass is 14.8. The monoisotopic (exact) mass is 155 g/mol. The van der Waals surface area contributed by atoms with E-state index >= 15 is 0 Å². The van der Waals surface area contributed by atoms with Gasteiger partial charge in [-0.25, -0.2) is 0 Å². The molecule has 0 heterocycles. The van der Waals surface area contributed by atoms with Crippen LogP contribution in [0.4, 0.5) is 0 Å². The van der Waals surface area contributed by atoms with Gasteiger partial charge in [0.05, 0.1) is 0 Å². The molecule has 0 aromatic carbocycles. The summed E-state index contributed by atoms with van der Waals surface area (Å²) in [5.41, 5.74) is 2.91. The highest BCUT2D eigenvalue weighted by Gasteiger charge is 2.04. The van der Waals surface area contributed by atoms with Crippen molar-refractivity contribution in [3.05, 3.63) is 11.3 Å². The predicted molar refractivity (Wildman–Crippen MR) is 51.5 cm³/mol. The van der Waals surface area contributed by atoms with Gasteiger partial charge in [-0.3, -0.25) is 0 Å². The van der Waals surface area contributed by atoms with E-state index in [0.29, 0.717) is 0 Å². The summed E-state index contributed by atoms with van der Waals surface area (Å²) in [7, 11) is 2.00. The van der Waals surface area contributed by atoms with Crippen molar-refractivity contribution in [2.75, 3.05) is 7.05 Å². The molecule has 0 aromatic rings. The molecule has 1 unspecified atom stereocenters. The van der Waals surface area contributed by atoms with Crippen molar-refractivity contribution < 1.29 is 0 Å². The lowest BCUT2D eigenvalue weighted by Gasteiger charge is -2.15. The Balaban J connectivity index is 4.33. The molecule has 0 amide bonds. The molecule has 0 bridgehead atoms. The lowest BCUT2D eigenvalue weighted by Crippen LogP contribution is -2.10. The van der Waals surface area contributed by atoms with Gasteiger partial charge in [0.2, 0.25) is 0 Å². The Hall–Kier alpha value is -0.460. The van der Waals surface area contributed by atoms with E-state index in [9.17, 15) is 0 Å². The Morgan fingerprint density at radius 3 is 2.18 bits per heavy atom. The summed E-state index contributed by atoms with van der Waals surface area (Å²) < 4.78 is 0. The third kappa shape index (κ3) is 2.96. The minimum atomic E-state index is 0.720. The molecule has 1 atom stereocenters. The van der Waals surface area contributed by atoms with E-state index in [2.05, 4.69) is 33.0 Å². The van der Waals surface area contributed by atoms with E-state index in [0.717, 1.165) is 12.3 Å². The molecular weight excluding hydrogens is 134 g/mol. The number of rotatable bonds is 4. The molecule has 0 radical (unpaired) electrons. The molecule has 0 saturated heterocycles. The summed E-state index contributed by atoms with van der Waals surface area (Å²) in [5, 5.41) is 3.25. The number of allylic oxidation sites excluding steroid dienone is 2. The molecule has 0 saturated carbocycles. The molecule has 1 heteroatoms. The Morgan fingerprint density at radius 2 is 1.91 bits per heavy atom. The van der Waals surface area contributed by atoms with E-state index < -0.39 is 0 Å². The van der Waals surface area contributed by atoms with E-state index in [1.54, 1.807) is 0 Å². The van der Waals surface area contributed by atoms with Crippen molar-refractivity contribution in [2.45, 2.75) is 40.5 Å². The molecule has 1 N–H and O–H groups in total. The fourth-order valence-electron chi connectivity index (χ4n) is 1.26. The van der Waals surface area contributed by atoms with Crippen LogP contribution in [0.5, 0.6) is 0 Å². The first-order chi connectivity index (χ1) is 5.17. The molecule has 0 aliphatic heterocycles. The lowest BCUT2D eigenvalue weighted by atomic mass is 9.97. The topological polar surface area (TPSA) is 12.0 Å². The molecule has 66 valence electrons. The molecule has 11 heavy (non-hydrogen) atoms. The fraction of sp³-hybridized carbons (Fsp3) is 0.800. The number of hydrogen-bond donors (Lipinski definition) is 1. The van der Waals surface area contributed by atoms with Gasteiger partial charge in [-0.2, -0.15) is 0 Å². The molecule has 0 fully saturated rings. The van der Waals surface area contributed by atoms with Crippen molar-refractivity contribution in [2.24, 2.45) is 5.92 Å². The van der Waals surface area contributed by atoms with Crippen LogP contribution in [0.3, 0.4) is 0 Å². The third-order valence-electron chi connectivity index (χ3n) is 2.48. The maximum atomic E-state index is 3.25. The second-order valence-corrected chi connectivity index (χ2v) is 3.07. The number of nitrogens with one attached hydrogen (secondary N) is 1. The Morgan fingerprint density at radius 1 is 1.36 bits per heavy atom. The molecule has 0 rings (SSSR count). The number of hydrogen-bond acceptors (Lipinski definition) is 1. The van der Waals surface area contributed by atoms with Gasteiger partial charge in [0, 0.05) is 12.7 Å². The summed E-state index contributed by atoms with van der Waals surface area (Å²) in [6, 6.07) is 0. The van der Waals surface area contributed by atoms with Crippen LogP contribution in [0.1, 0.15) is 40.5 Å². The summed E-state index contributed by atoms with van der Waals surface area (Å²) in [5.74, 6) is 0.720. The highest BCUT2D eigenvalue weighted by molar-refractivity contribution is 5.11. The van der Waals surface area contributed by atoms with Crippen LogP contribution in [0.25, 0.3) is 0 Å². The summed E-state index contributed by atoms with van der Waals surface area (Å²) in [6.07, 6.45) is 2.35. The van der Waals surface area contributed by atoms with E-state index in [-0.39, 0.29) is 0 Å². The zero-order chi connectivity index (χ0) is 8.85. The van der Waals surface area contributed by atoms with E-state index in [4.69, 9.17) is 0 Å². The maximum absolute atomic E-state index is 3.25. The normalized spacial score (nSPS) is 15.7. The predicted octanol–water partition coefficient (Wildman–Crippen LogP) is 2.94. The van der Waals surface area contributed by atoms with Crippen LogP contribution in [0.15, 0.2) is 11.3 Å². The molecular formula is C10H21N. The van der Waals surface area contributed by atoms with Gasteiger partial charge >= 0.3 is 0 Å². The van der Waals surface area contributed by atoms with Gasteiger partial charge in [-0.15, -0.1) is 0 Å². The van der Waals surface area contributed by atoms with Crippen LogP contribution in [-0.4, -0.2) is 7.05 Å². The standard InChI is InChI=1S/C10H21N/c1-6-8(3)9(4)10(7-2)11-5/h8,11H,6-7H2,1-5H3/b10-9+. The van der Waals surface area contributed by atoms with Gasteiger partial charge in [-0.1, -0.05) is 26.3 Å². The van der Waals surface area contributed by atoms with Gasteiger partial charge in [-0.05, 0) is 25.7 Å². The smallest absolute Gasteiger partial charge is 0.00930 e. The van der Waals surface area contributed by atoms with Crippen LogP contribution in [-0.2, 0) is 0 Å². The SMILES string of the molecule is CC/C(NC)=C(/C)C(C)CC. The molecule has 0 aliphatic carbocycles. The average molecular weight is 155 g/mol. The van der Waals surface area contributed by atoms with E-state index in [1.807, 2.05) is 7.05 Å². The fourth-order valence-corrected chi connectivity index (χ4v) is 1.26. The molecule has 0 spiro atoms. The van der Waals surface area contributed by atoms with Gasteiger partial charge in [0.1, 0.15) is 0 Å². The van der Waals surface area contributed by atoms with Crippen LogP contribution >= 0.6 is 0 Å². The Labute approximate surface area is 70.9 Å². The van der Waals surface area contributed by atoms with E-state index in [1.165, 1.54) is 17.7 Å². The van der Waals surface area contributed by atoms with Crippen molar-refractivity contribution in [1.82, 2.24) is 5.32 Å². The lowest BCUT2D eigenvalue weighted by molar-refractivity contribution is 0.633. The zero-order valence-electron chi connectivity index (χ0n) is 8.49. The first-order valence-electron chi connectivity index (χ1n) is 4.54. The minimum absolute atomic E-state index is 0.720. The van der Waals surface area contributed by atoms with Gasteiger partial charge in [0.15, 0.2) is 0 Å². The summed E-state index contributed by atoms with van der Waals surface area (Å²) in [4.78, 5) is 0. The van der Waals surface area contributed by atoms with Crippen LogP contribution in [0, 0.1) is 5.92 Å². The quantitative estimate of drug-likeness (QED) is 0.658. The first kappa shape index (κ1) is 10.5. The van der Waals surface area contributed by atoms with Crippen LogP contribution < -0.4 is 5.32 Å². The largest absolute Gasteiger partial charge is 0.391 e. The van der Waals surface area contributed by atoms with Crippen molar-refractivity contribution in [3.63, 3.8) is 0 Å². The Kier molecular flexibility index (Phi) is 5.01. The zero-order valence-corrected chi connectivity index (χ0v) is 8.49. The van der Waals surface area contributed by atoms with Gasteiger partial charge in [0.25, 0.3) is 0 Å². The Bertz CT molecular complexity index is 130. The second-order valence-electron chi connectivity index (χ2n) is 3.07. The molecule has 1 nitrogen and oxygen atoms in total. The molecule has 0 aliphatic rings. The van der Waals surface area contributed by atoms with Crippen molar-refractivity contribution in [3.8, 4) is 0 Å². The first-order valence-corrected chi connectivity index (χ1v) is 4.54. The van der Waals surface area contributed by atoms with Crippen molar-refractivity contribution in [1.29, 1.82) is 0 Å². The third-order valence-corrected chi connectivity index (χ3v) is 2.48. The van der Waals surface area contributed by atoms with Crippen LogP contribution in [0.2, 0.25) is 0 Å². The second kappa shape index (κ2) is 5.22.